The Morgan fingerprint density at radius 3 is 1.73 bits per heavy atom. The maximum atomic E-state index is 12.1. The molecule has 1 rings (SSSR count). The lowest BCUT2D eigenvalue weighted by Gasteiger charge is -2.26. The molecule has 140 valence electrons. The maximum Gasteiger partial charge on any atom is 0.398 e. The van der Waals surface area contributed by atoms with Gasteiger partial charge in [0.1, 0.15) is 5.75 Å². The molecule has 1 aromatic carbocycles. The molecule has 0 N–H and O–H groups in total. The highest BCUT2D eigenvalue weighted by Crippen LogP contribution is 2.24. The van der Waals surface area contributed by atoms with Crippen LogP contribution in [0.3, 0.4) is 0 Å². The van der Waals surface area contributed by atoms with E-state index in [9.17, 15) is 24.5 Å². The lowest BCUT2D eigenvalue weighted by atomic mass is 10.0. The van der Waals surface area contributed by atoms with Crippen LogP contribution >= 0.6 is 0 Å². The predicted molar refractivity (Wildman–Crippen MR) is 86.5 cm³/mol. The summed E-state index contributed by atoms with van der Waals surface area (Å²) in [6, 6.07) is 5.48. The second kappa shape index (κ2) is 8.60. The van der Waals surface area contributed by atoms with Crippen molar-refractivity contribution >= 4 is 24.0 Å². The fourth-order valence-corrected chi connectivity index (χ4v) is 1.91. The molecule has 0 saturated carbocycles. The molecule has 0 aliphatic rings. The number of hydrogen-bond acceptors (Lipinski definition) is 9. The SMILES string of the molecule is COC(=O)C(Oc1ccc(/C=C(\C)[N+](=O)[O-])cc1)(C(=O)OC)C(=O)OC. The number of methoxy groups -OCH3 is 3. The van der Waals surface area contributed by atoms with Crippen molar-refractivity contribution in [1.29, 1.82) is 0 Å². The standard InChI is InChI=1S/C16H17NO9/c1-10(17(21)22)9-11-5-7-12(8-6-11)26-16(13(18)23-2,14(19)24-3)15(20)25-4/h5-9H,1-4H3/b10-9+. The Morgan fingerprint density at radius 2 is 1.38 bits per heavy atom. The average Bonchev–Trinajstić information content (AvgIpc) is 2.65. The first-order valence-corrected chi connectivity index (χ1v) is 7.10. The molecule has 0 aliphatic heterocycles. The van der Waals surface area contributed by atoms with Crippen LogP contribution in [0.1, 0.15) is 12.5 Å². The van der Waals surface area contributed by atoms with E-state index >= 15 is 0 Å². The average molecular weight is 367 g/mol. The van der Waals surface area contributed by atoms with Crippen LogP contribution in [0.15, 0.2) is 30.0 Å². The summed E-state index contributed by atoms with van der Waals surface area (Å²) in [5.74, 6) is -4.06. The van der Waals surface area contributed by atoms with E-state index in [2.05, 4.69) is 14.2 Å². The highest BCUT2D eigenvalue weighted by Gasteiger charge is 2.60. The monoisotopic (exact) mass is 367 g/mol. The summed E-state index contributed by atoms with van der Waals surface area (Å²) in [4.78, 5) is 46.4. The van der Waals surface area contributed by atoms with Crippen molar-refractivity contribution in [3.05, 3.63) is 45.6 Å². The molecule has 1 aromatic rings. The molecule has 10 nitrogen and oxygen atoms in total. The van der Waals surface area contributed by atoms with Crippen LogP contribution in [0, 0.1) is 10.1 Å². The zero-order valence-electron chi connectivity index (χ0n) is 14.5. The van der Waals surface area contributed by atoms with Gasteiger partial charge < -0.3 is 18.9 Å². The second-order valence-electron chi connectivity index (χ2n) is 4.87. The van der Waals surface area contributed by atoms with E-state index in [0.717, 1.165) is 21.3 Å². The van der Waals surface area contributed by atoms with E-state index in [0.29, 0.717) is 5.56 Å². The Balaban J connectivity index is 3.29. The summed E-state index contributed by atoms with van der Waals surface area (Å²) >= 11 is 0. The lowest BCUT2D eigenvalue weighted by Crippen LogP contribution is -2.59. The number of esters is 3. The number of ether oxygens (including phenoxy) is 4. The number of benzene rings is 1. The van der Waals surface area contributed by atoms with E-state index in [1.165, 1.54) is 37.3 Å². The molecule has 0 spiro atoms. The van der Waals surface area contributed by atoms with Crippen molar-refractivity contribution < 1.29 is 38.3 Å². The van der Waals surface area contributed by atoms with Crippen molar-refractivity contribution in [3.63, 3.8) is 0 Å². The largest absolute Gasteiger partial charge is 0.465 e. The van der Waals surface area contributed by atoms with Gasteiger partial charge in [0, 0.05) is 13.0 Å². The normalized spacial score (nSPS) is 11.3. The van der Waals surface area contributed by atoms with Gasteiger partial charge in [-0.15, -0.1) is 0 Å². The molecule has 0 aliphatic carbocycles. The van der Waals surface area contributed by atoms with Crippen molar-refractivity contribution in [2.45, 2.75) is 12.5 Å². The Morgan fingerprint density at radius 1 is 0.962 bits per heavy atom. The highest BCUT2D eigenvalue weighted by atomic mass is 16.6. The molecule has 10 heteroatoms. The Kier molecular flexibility index (Phi) is 6.82. The molecule has 0 aromatic heterocycles. The number of rotatable bonds is 7. The van der Waals surface area contributed by atoms with Crippen LogP contribution in [0.25, 0.3) is 6.08 Å². The number of hydrogen-bond donors (Lipinski definition) is 0. The first kappa shape index (κ1) is 20.6. The van der Waals surface area contributed by atoms with E-state index in [-0.39, 0.29) is 11.4 Å². The molecule has 0 radical (unpaired) electrons. The molecule has 0 atom stereocenters. The van der Waals surface area contributed by atoms with Crippen LogP contribution in [-0.4, -0.2) is 49.8 Å². The topological polar surface area (TPSA) is 131 Å². The smallest absolute Gasteiger partial charge is 0.398 e. The van der Waals surface area contributed by atoms with Crippen LogP contribution in [0.5, 0.6) is 5.75 Å². The number of allylic oxidation sites excluding steroid dienone is 1. The zero-order valence-corrected chi connectivity index (χ0v) is 14.5. The first-order valence-electron chi connectivity index (χ1n) is 7.10. The summed E-state index contributed by atoms with van der Waals surface area (Å²) in [5, 5.41) is 10.6. The van der Waals surface area contributed by atoms with Gasteiger partial charge in [-0.25, -0.2) is 14.4 Å². The third kappa shape index (κ3) is 4.15. The Bertz CT molecular complexity index is 696. The van der Waals surface area contributed by atoms with Gasteiger partial charge in [-0.3, -0.25) is 10.1 Å². The Labute approximate surface area is 148 Å². The van der Waals surface area contributed by atoms with E-state index < -0.39 is 28.4 Å². The zero-order chi connectivity index (χ0) is 19.9. The van der Waals surface area contributed by atoms with Gasteiger partial charge in [-0.05, 0) is 17.7 Å². The first-order chi connectivity index (χ1) is 12.2. The predicted octanol–water partition coefficient (Wildman–Crippen LogP) is 0.961. The summed E-state index contributed by atoms with van der Waals surface area (Å²) < 4.78 is 18.7. The summed E-state index contributed by atoms with van der Waals surface area (Å²) in [7, 11) is 2.88. The minimum atomic E-state index is -2.80. The number of nitro groups is 1. The maximum absolute atomic E-state index is 12.1. The van der Waals surface area contributed by atoms with E-state index in [1.54, 1.807) is 0 Å². The molecule has 0 amide bonds. The number of carbonyl (C=O) groups is 3. The van der Waals surface area contributed by atoms with Gasteiger partial charge >= 0.3 is 23.5 Å². The quantitative estimate of drug-likeness (QED) is 0.227. The number of carbonyl (C=O) groups excluding carboxylic acids is 3. The minimum absolute atomic E-state index is 0.0675. The fourth-order valence-electron chi connectivity index (χ4n) is 1.91. The summed E-state index contributed by atoms with van der Waals surface area (Å²) in [6.45, 7) is 1.32. The second-order valence-corrected chi connectivity index (χ2v) is 4.87. The minimum Gasteiger partial charge on any atom is -0.465 e. The van der Waals surface area contributed by atoms with Crippen LogP contribution < -0.4 is 4.74 Å². The molecule has 0 heterocycles. The van der Waals surface area contributed by atoms with Gasteiger partial charge in [-0.2, -0.15) is 0 Å². The van der Waals surface area contributed by atoms with Crippen molar-refractivity contribution in [2.75, 3.05) is 21.3 Å². The van der Waals surface area contributed by atoms with Gasteiger partial charge in [0.25, 0.3) is 0 Å². The third-order valence-electron chi connectivity index (χ3n) is 3.23. The van der Waals surface area contributed by atoms with Crippen molar-refractivity contribution in [2.24, 2.45) is 0 Å². The lowest BCUT2D eigenvalue weighted by molar-refractivity contribution is -0.422. The van der Waals surface area contributed by atoms with E-state index in [4.69, 9.17) is 4.74 Å². The van der Waals surface area contributed by atoms with Crippen LogP contribution in [0.2, 0.25) is 0 Å². The number of nitrogens with zero attached hydrogens (tertiary/aromatic N) is 1. The molecular weight excluding hydrogens is 350 g/mol. The summed E-state index contributed by atoms with van der Waals surface area (Å²) in [6.07, 6.45) is 1.30. The highest BCUT2D eigenvalue weighted by molar-refractivity contribution is 6.22. The Hall–Kier alpha value is -3.43. The molecule has 0 fully saturated rings. The molecule has 0 saturated heterocycles. The third-order valence-corrected chi connectivity index (χ3v) is 3.23. The van der Waals surface area contributed by atoms with Crippen LogP contribution in [-0.2, 0) is 28.6 Å². The van der Waals surface area contributed by atoms with Gasteiger partial charge in [0.2, 0.25) is 5.70 Å². The fraction of sp³-hybridized carbons (Fsp3) is 0.312. The van der Waals surface area contributed by atoms with Gasteiger partial charge in [0.05, 0.1) is 26.3 Å². The van der Waals surface area contributed by atoms with Gasteiger partial charge in [0.15, 0.2) is 0 Å². The summed E-state index contributed by atoms with van der Waals surface area (Å²) in [5.41, 5.74) is -2.43. The van der Waals surface area contributed by atoms with Crippen molar-refractivity contribution in [3.8, 4) is 5.75 Å². The molecule has 0 unspecified atom stereocenters. The molecular formula is C16H17NO9. The van der Waals surface area contributed by atoms with Gasteiger partial charge in [-0.1, -0.05) is 12.1 Å². The van der Waals surface area contributed by atoms with Crippen molar-refractivity contribution in [1.82, 2.24) is 0 Å². The molecule has 26 heavy (non-hydrogen) atoms. The van der Waals surface area contributed by atoms with Crippen LogP contribution in [0.4, 0.5) is 0 Å². The molecule has 0 bridgehead atoms. The van der Waals surface area contributed by atoms with E-state index in [1.807, 2.05) is 0 Å².